The van der Waals surface area contributed by atoms with Crippen LogP contribution in [0, 0.1) is 5.92 Å². The fraction of sp³-hybridized carbons (Fsp3) is 0.933. The SMILES string of the molecule is CCC1(C(=O)N2CCC(CN(C)C)CC2)CCCN1. The van der Waals surface area contributed by atoms with Gasteiger partial charge in [0.2, 0.25) is 5.91 Å². The summed E-state index contributed by atoms with van der Waals surface area (Å²) in [6.07, 6.45) is 5.38. The van der Waals surface area contributed by atoms with Crippen molar-refractivity contribution in [1.29, 1.82) is 0 Å². The van der Waals surface area contributed by atoms with Crippen LogP contribution < -0.4 is 5.32 Å². The van der Waals surface area contributed by atoms with Gasteiger partial charge in [0.15, 0.2) is 0 Å². The summed E-state index contributed by atoms with van der Waals surface area (Å²) in [7, 11) is 4.26. The summed E-state index contributed by atoms with van der Waals surface area (Å²) in [6, 6.07) is 0. The third-order valence-corrected chi connectivity index (χ3v) is 4.78. The van der Waals surface area contributed by atoms with Gasteiger partial charge in [-0.3, -0.25) is 4.79 Å². The van der Waals surface area contributed by atoms with Crippen LogP contribution in [0.15, 0.2) is 0 Å². The Bertz CT molecular complexity index is 303. The van der Waals surface area contributed by atoms with Gasteiger partial charge in [-0.2, -0.15) is 0 Å². The van der Waals surface area contributed by atoms with Gasteiger partial charge in [0.1, 0.15) is 0 Å². The Kier molecular flexibility index (Phi) is 4.85. The van der Waals surface area contributed by atoms with Crippen molar-refractivity contribution in [2.45, 2.75) is 44.6 Å². The zero-order valence-electron chi connectivity index (χ0n) is 12.7. The Morgan fingerprint density at radius 3 is 2.53 bits per heavy atom. The van der Waals surface area contributed by atoms with Crippen molar-refractivity contribution < 1.29 is 4.79 Å². The van der Waals surface area contributed by atoms with Crippen LogP contribution in [-0.2, 0) is 4.79 Å². The highest BCUT2D eigenvalue weighted by atomic mass is 16.2. The molecular weight excluding hydrogens is 238 g/mol. The molecule has 1 atom stereocenters. The van der Waals surface area contributed by atoms with Crippen molar-refractivity contribution in [3.63, 3.8) is 0 Å². The fourth-order valence-electron chi connectivity index (χ4n) is 3.58. The summed E-state index contributed by atoms with van der Waals surface area (Å²) >= 11 is 0. The molecule has 2 heterocycles. The summed E-state index contributed by atoms with van der Waals surface area (Å²) < 4.78 is 0. The van der Waals surface area contributed by atoms with Gasteiger partial charge in [0.25, 0.3) is 0 Å². The molecule has 1 unspecified atom stereocenters. The third kappa shape index (κ3) is 3.29. The fourth-order valence-corrected chi connectivity index (χ4v) is 3.58. The molecule has 0 aromatic carbocycles. The molecule has 2 fully saturated rings. The average Bonchev–Trinajstić information content (AvgIpc) is 2.88. The number of piperidine rings is 1. The van der Waals surface area contributed by atoms with E-state index in [4.69, 9.17) is 0 Å². The van der Waals surface area contributed by atoms with Gasteiger partial charge < -0.3 is 15.1 Å². The molecule has 0 aromatic heterocycles. The third-order valence-electron chi connectivity index (χ3n) is 4.78. The van der Waals surface area contributed by atoms with Crippen molar-refractivity contribution in [1.82, 2.24) is 15.1 Å². The molecule has 2 saturated heterocycles. The standard InChI is InChI=1S/C15H29N3O/c1-4-15(8-5-9-16-15)14(19)18-10-6-13(7-11-18)12-17(2)3/h13,16H,4-12H2,1-3H3. The first-order chi connectivity index (χ1) is 9.07. The van der Waals surface area contributed by atoms with Crippen LogP contribution in [0.1, 0.15) is 39.0 Å². The first-order valence-corrected chi connectivity index (χ1v) is 7.76. The predicted molar refractivity (Wildman–Crippen MR) is 78.1 cm³/mol. The molecule has 2 aliphatic heterocycles. The highest BCUT2D eigenvalue weighted by molar-refractivity contribution is 5.86. The van der Waals surface area contributed by atoms with Gasteiger partial charge in [0.05, 0.1) is 5.54 Å². The number of hydrogen-bond acceptors (Lipinski definition) is 3. The van der Waals surface area contributed by atoms with Crippen LogP contribution in [-0.4, -0.2) is 61.5 Å². The molecule has 0 spiro atoms. The lowest BCUT2D eigenvalue weighted by Gasteiger charge is -2.38. The van der Waals surface area contributed by atoms with Crippen LogP contribution in [0.3, 0.4) is 0 Å². The largest absolute Gasteiger partial charge is 0.341 e. The summed E-state index contributed by atoms with van der Waals surface area (Å²) in [5.74, 6) is 1.11. The number of nitrogens with one attached hydrogen (secondary N) is 1. The lowest BCUT2D eigenvalue weighted by atomic mass is 9.89. The van der Waals surface area contributed by atoms with Gasteiger partial charge in [-0.05, 0) is 58.7 Å². The molecule has 1 N–H and O–H groups in total. The smallest absolute Gasteiger partial charge is 0.242 e. The van der Waals surface area contributed by atoms with Crippen LogP contribution in [0.5, 0.6) is 0 Å². The van der Waals surface area contributed by atoms with E-state index < -0.39 is 0 Å². The molecule has 0 radical (unpaired) electrons. The Hall–Kier alpha value is -0.610. The van der Waals surface area contributed by atoms with Gasteiger partial charge >= 0.3 is 0 Å². The number of carbonyl (C=O) groups is 1. The Morgan fingerprint density at radius 2 is 2.05 bits per heavy atom. The summed E-state index contributed by atoms with van der Waals surface area (Å²) in [5, 5.41) is 3.46. The highest BCUT2D eigenvalue weighted by Crippen LogP contribution is 2.28. The zero-order chi connectivity index (χ0) is 13.9. The van der Waals surface area contributed by atoms with Gasteiger partial charge in [-0.15, -0.1) is 0 Å². The molecule has 2 aliphatic rings. The molecule has 4 heteroatoms. The van der Waals surface area contributed by atoms with Gasteiger partial charge in [-0.25, -0.2) is 0 Å². The maximum atomic E-state index is 12.7. The molecular formula is C15H29N3O. The predicted octanol–water partition coefficient (Wildman–Crippen LogP) is 1.32. The number of hydrogen-bond donors (Lipinski definition) is 1. The van der Waals surface area contributed by atoms with Crippen LogP contribution in [0.25, 0.3) is 0 Å². The van der Waals surface area contributed by atoms with Crippen molar-refractivity contribution in [2.24, 2.45) is 5.92 Å². The van der Waals surface area contributed by atoms with E-state index >= 15 is 0 Å². The van der Waals surface area contributed by atoms with E-state index in [9.17, 15) is 4.79 Å². The Labute approximate surface area is 117 Å². The maximum Gasteiger partial charge on any atom is 0.242 e. The van der Waals surface area contributed by atoms with Crippen molar-refractivity contribution >= 4 is 5.91 Å². The van der Waals surface area contributed by atoms with Crippen LogP contribution >= 0.6 is 0 Å². The number of likely N-dealkylation sites (tertiary alicyclic amines) is 1. The average molecular weight is 267 g/mol. The zero-order valence-corrected chi connectivity index (χ0v) is 12.7. The molecule has 2 rings (SSSR count). The van der Waals surface area contributed by atoms with E-state index in [1.54, 1.807) is 0 Å². The van der Waals surface area contributed by atoms with E-state index in [0.29, 0.717) is 5.91 Å². The Balaban J connectivity index is 1.88. The number of amides is 1. The van der Waals surface area contributed by atoms with Crippen molar-refractivity contribution in [2.75, 3.05) is 40.3 Å². The van der Waals surface area contributed by atoms with Crippen LogP contribution in [0.2, 0.25) is 0 Å². The summed E-state index contributed by atoms with van der Waals surface area (Å²) in [4.78, 5) is 17.1. The molecule has 4 nitrogen and oxygen atoms in total. The van der Waals surface area contributed by atoms with E-state index in [-0.39, 0.29) is 5.54 Å². The minimum atomic E-state index is -0.242. The normalized spacial score (nSPS) is 29.2. The van der Waals surface area contributed by atoms with E-state index in [1.807, 2.05) is 0 Å². The topological polar surface area (TPSA) is 35.6 Å². The van der Waals surface area contributed by atoms with Gasteiger partial charge in [0, 0.05) is 19.6 Å². The number of rotatable bonds is 4. The van der Waals surface area contributed by atoms with E-state index in [0.717, 1.165) is 64.2 Å². The molecule has 0 saturated carbocycles. The molecule has 110 valence electrons. The van der Waals surface area contributed by atoms with Crippen molar-refractivity contribution in [3.8, 4) is 0 Å². The minimum Gasteiger partial charge on any atom is -0.341 e. The molecule has 0 aliphatic carbocycles. The number of carbonyl (C=O) groups excluding carboxylic acids is 1. The van der Waals surface area contributed by atoms with Gasteiger partial charge in [-0.1, -0.05) is 6.92 Å². The second-order valence-corrected chi connectivity index (χ2v) is 6.46. The summed E-state index contributed by atoms with van der Waals surface area (Å²) in [5.41, 5.74) is -0.242. The Morgan fingerprint density at radius 1 is 1.37 bits per heavy atom. The molecule has 1 amide bonds. The van der Waals surface area contributed by atoms with Crippen LogP contribution in [0.4, 0.5) is 0 Å². The lowest BCUT2D eigenvalue weighted by molar-refractivity contribution is -0.139. The second kappa shape index (κ2) is 6.23. The van der Waals surface area contributed by atoms with E-state index in [2.05, 4.69) is 36.1 Å². The molecule has 0 aromatic rings. The highest BCUT2D eigenvalue weighted by Gasteiger charge is 2.42. The first-order valence-electron chi connectivity index (χ1n) is 7.76. The minimum absolute atomic E-state index is 0.242. The molecule has 19 heavy (non-hydrogen) atoms. The molecule has 0 bridgehead atoms. The van der Waals surface area contributed by atoms with E-state index in [1.165, 1.54) is 0 Å². The quantitative estimate of drug-likeness (QED) is 0.834. The number of nitrogens with zero attached hydrogens (tertiary/aromatic N) is 2. The second-order valence-electron chi connectivity index (χ2n) is 6.46. The van der Waals surface area contributed by atoms with Crippen molar-refractivity contribution in [3.05, 3.63) is 0 Å². The summed E-state index contributed by atoms with van der Waals surface area (Å²) in [6.45, 7) is 6.17. The monoisotopic (exact) mass is 267 g/mol. The maximum absolute atomic E-state index is 12.7. The first kappa shape index (κ1) is 14.8. The lowest BCUT2D eigenvalue weighted by Crippen LogP contribution is -2.56.